The quantitative estimate of drug-likeness (QED) is 0.910. The summed E-state index contributed by atoms with van der Waals surface area (Å²) in [5, 5.41) is 10.8. The van der Waals surface area contributed by atoms with E-state index in [0.29, 0.717) is 30.3 Å². The third-order valence-corrected chi connectivity index (χ3v) is 4.96. The first-order valence-corrected chi connectivity index (χ1v) is 8.28. The van der Waals surface area contributed by atoms with E-state index < -0.39 is 0 Å². The molecule has 1 saturated carbocycles. The number of morpholine rings is 1. The molecule has 1 amide bonds. The number of aliphatic hydroxyl groups is 1. The number of aliphatic hydroxyl groups excluding tert-OH is 1. The van der Waals surface area contributed by atoms with Gasteiger partial charge in [0, 0.05) is 23.0 Å². The van der Waals surface area contributed by atoms with E-state index in [-0.39, 0.29) is 24.0 Å². The molecule has 1 N–H and O–H groups in total. The van der Waals surface area contributed by atoms with Crippen molar-refractivity contribution in [3.05, 3.63) is 34.3 Å². The molecule has 1 aromatic carbocycles. The van der Waals surface area contributed by atoms with E-state index in [0.717, 1.165) is 24.8 Å². The standard InChI is InChI=1S/C17H22ClNO3/c1-11-7-12(9-13(18)8-11)17(21)19-5-6-22-10-15(19)14-3-2-4-16(14)20/h7-9,14-16,20H,2-6,10H2,1H3/t14-,15+,16+/m0/s1. The largest absolute Gasteiger partial charge is 0.393 e. The van der Waals surface area contributed by atoms with E-state index in [1.165, 1.54) is 0 Å². The van der Waals surface area contributed by atoms with Gasteiger partial charge in [0.2, 0.25) is 0 Å². The monoisotopic (exact) mass is 323 g/mol. The average Bonchev–Trinajstić information content (AvgIpc) is 2.91. The SMILES string of the molecule is Cc1cc(Cl)cc(C(=O)N2CCOC[C@@H]2[C@@H]2CCC[C@H]2O)c1. The summed E-state index contributed by atoms with van der Waals surface area (Å²) in [6.07, 6.45) is 2.45. The van der Waals surface area contributed by atoms with Crippen LogP contribution in [-0.2, 0) is 4.74 Å². The van der Waals surface area contributed by atoms with Gasteiger partial charge < -0.3 is 14.7 Å². The summed E-state index contributed by atoms with van der Waals surface area (Å²) in [6, 6.07) is 5.38. The van der Waals surface area contributed by atoms with Crippen LogP contribution < -0.4 is 0 Å². The number of halogens is 1. The fraction of sp³-hybridized carbons (Fsp3) is 0.588. The summed E-state index contributed by atoms with van der Waals surface area (Å²) < 4.78 is 5.58. The van der Waals surface area contributed by atoms with Crippen molar-refractivity contribution in [2.45, 2.75) is 38.3 Å². The number of hydrogen-bond donors (Lipinski definition) is 1. The lowest BCUT2D eigenvalue weighted by atomic mass is 9.93. The van der Waals surface area contributed by atoms with Crippen LogP contribution in [0, 0.1) is 12.8 Å². The maximum absolute atomic E-state index is 12.9. The zero-order valence-electron chi connectivity index (χ0n) is 12.8. The van der Waals surface area contributed by atoms with Crippen molar-refractivity contribution in [3.8, 4) is 0 Å². The molecule has 0 bridgehead atoms. The summed E-state index contributed by atoms with van der Waals surface area (Å²) in [7, 11) is 0. The van der Waals surface area contributed by atoms with Crippen LogP contribution in [0.15, 0.2) is 18.2 Å². The molecule has 1 heterocycles. The molecular formula is C17H22ClNO3. The molecule has 0 aromatic heterocycles. The zero-order valence-corrected chi connectivity index (χ0v) is 13.6. The molecule has 0 spiro atoms. The molecule has 0 radical (unpaired) electrons. The van der Waals surface area contributed by atoms with Crippen molar-refractivity contribution in [3.63, 3.8) is 0 Å². The second-order valence-electron chi connectivity index (χ2n) is 6.32. The predicted molar refractivity (Wildman–Crippen MR) is 85.2 cm³/mol. The Morgan fingerprint density at radius 2 is 2.18 bits per heavy atom. The Balaban J connectivity index is 1.85. The van der Waals surface area contributed by atoms with Crippen molar-refractivity contribution in [1.82, 2.24) is 4.90 Å². The molecule has 0 unspecified atom stereocenters. The first kappa shape index (κ1) is 15.8. The van der Waals surface area contributed by atoms with Gasteiger partial charge in [-0.3, -0.25) is 4.79 Å². The highest BCUT2D eigenvalue weighted by Gasteiger charge is 2.39. The molecule has 1 aliphatic carbocycles. The van der Waals surface area contributed by atoms with Gasteiger partial charge in [0.1, 0.15) is 0 Å². The Kier molecular flexibility index (Phi) is 4.71. The van der Waals surface area contributed by atoms with Gasteiger partial charge >= 0.3 is 0 Å². The molecule has 3 atom stereocenters. The molecular weight excluding hydrogens is 302 g/mol. The topological polar surface area (TPSA) is 49.8 Å². The van der Waals surface area contributed by atoms with Gasteiger partial charge in [-0.25, -0.2) is 0 Å². The number of aryl methyl sites for hydroxylation is 1. The van der Waals surface area contributed by atoms with Gasteiger partial charge in [0.05, 0.1) is 25.4 Å². The lowest BCUT2D eigenvalue weighted by Crippen LogP contribution is -2.53. The lowest BCUT2D eigenvalue weighted by Gasteiger charge is -2.40. The second kappa shape index (κ2) is 6.57. The minimum absolute atomic E-state index is 0.0157. The molecule has 120 valence electrons. The van der Waals surface area contributed by atoms with Gasteiger partial charge in [0.15, 0.2) is 0 Å². The van der Waals surface area contributed by atoms with E-state index in [1.807, 2.05) is 24.0 Å². The highest BCUT2D eigenvalue weighted by atomic mass is 35.5. The molecule has 1 aliphatic heterocycles. The van der Waals surface area contributed by atoms with Crippen LogP contribution in [0.2, 0.25) is 5.02 Å². The Labute approximate surface area is 136 Å². The highest BCUT2D eigenvalue weighted by Crippen LogP contribution is 2.33. The number of carbonyl (C=O) groups is 1. The first-order chi connectivity index (χ1) is 10.6. The molecule has 1 saturated heterocycles. The molecule has 5 heteroatoms. The molecule has 2 aliphatic rings. The number of rotatable bonds is 2. The summed E-state index contributed by atoms with van der Waals surface area (Å²) in [4.78, 5) is 14.8. The number of ether oxygens (including phenoxy) is 1. The van der Waals surface area contributed by atoms with Gasteiger partial charge in [-0.1, -0.05) is 18.0 Å². The molecule has 4 nitrogen and oxygen atoms in total. The third kappa shape index (κ3) is 3.14. The summed E-state index contributed by atoms with van der Waals surface area (Å²) in [6.45, 7) is 3.55. The predicted octanol–water partition coefficient (Wildman–Crippen LogP) is 2.65. The van der Waals surface area contributed by atoms with Crippen LogP contribution in [-0.4, -0.2) is 47.8 Å². The van der Waals surface area contributed by atoms with Crippen LogP contribution in [0.25, 0.3) is 0 Å². The number of benzene rings is 1. The van der Waals surface area contributed by atoms with Crippen LogP contribution in [0.3, 0.4) is 0 Å². The fourth-order valence-corrected chi connectivity index (χ4v) is 3.96. The molecule has 3 rings (SSSR count). The van der Waals surface area contributed by atoms with Crippen molar-refractivity contribution >= 4 is 17.5 Å². The Morgan fingerprint density at radius 3 is 2.86 bits per heavy atom. The highest BCUT2D eigenvalue weighted by molar-refractivity contribution is 6.31. The van der Waals surface area contributed by atoms with Crippen LogP contribution in [0.4, 0.5) is 0 Å². The van der Waals surface area contributed by atoms with Gasteiger partial charge in [-0.2, -0.15) is 0 Å². The van der Waals surface area contributed by atoms with Gasteiger partial charge in [-0.15, -0.1) is 0 Å². The third-order valence-electron chi connectivity index (χ3n) is 4.74. The molecule has 1 aromatic rings. The number of amides is 1. The summed E-state index contributed by atoms with van der Waals surface area (Å²) in [5.41, 5.74) is 1.59. The van der Waals surface area contributed by atoms with E-state index in [4.69, 9.17) is 16.3 Å². The van der Waals surface area contributed by atoms with Gasteiger partial charge in [-0.05, 0) is 43.5 Å². The number of hydrogen-bond acceptors (Lipinski definition) is 3. The van der Waals surface area contributed by atoms with Crippen molar-refractivity contribution in [1.29, 1.82) is 0 Å². The van der Waals surface area contributed by atoms with E-state index in [9.17, 15) is 9.90 Å². The van der Waals surface area contributed by atoms with Crippen molar-refractivity contribution in [2.24, 2.45) is 5.92 Å². The minimum atomic E-state index is -0.330. The van der Waals surface area contributed by atoms with E-state index in [2.05, 4.69) is 0 Å². The zero-order chi connectivity index (χ0) is 15.7. The fourth-order valence-electron chi connectivity index (χ4n) is 3.67. The maximum atomic E-state index is 12.9. The molecule has 2 fully saturated rings. The van der Waals surface area contributed by atoms with Gasteiger partial charge in [0.25, 0.3) is 5.91 Å². The Morgan fingerprint density at radius 1 is 1.36 bits per heavy atom. The second-order valence-corrected chi connectivity index (χ2v) is 6.76. The van der Waals surface area contributed by atoms with E-state index in [1.54, 1.807) is 6.07 Å². The van der Waals surface area contributed by atoms with Crippen molar-refractivity contribution in [2.75, 3.05) is 19.8 Å². The van der Waals surface area contributed by atoms with Crippen LogP contribution >= 0.6 is 11.6 Å². The minimum Gasteiger partial charge on any atom is -0.393 e. The number of nitrogens with zero attached hydrogens (tertiary/aromatic N) is 1. The Hall–Kier alpha value is -1.10. The van der Waals surface area contributed by atoms with Crippen molar-refractivity contribution < 1.29 is 14.6 Å². The smallest absolute Gasteiger partial charge is 0.254 e. The van der Waals surface area contributed by atoms with Crippen LogP contribution in [0.5, 0.6) is 0 Å². The first-order valence-electron chi connectivity index (χ1n) is 7.90. The maximum Gasteiger partial charge on any atom is 0.254 e. The summed E-state index contributed by atoms with van der Waals surface area (Å²) >= 11 is 6.08. The molecule has 22 heavy (non-hydrogen) atoms. The average molecular weight is 324 g/mol. The lowest BCUT2D eigenvalue weighted by molar-refractivity contribution is -0.0383. The Bertz CT molecular complexity index is 543. The van der Waals surface area contributed by atoms with Crippen LogP contribution in [0.1, 0.15) is 35.2 Å². The van der Waals surface area contributed by atoms with E-state index >= 15 is 0 Å². The number of carbonyl (C=O) groups excluding carboxylic acids is 1. The normalized spacial score (nSPS) is 28.9. The summed E-state index contributed by atoms with van der Waals surface area (Å²) in [5.74, 6) is 0.0996.